The number of nitrogens with two attached hydrogens (primary N) is 1. The fraction of sp³-hybridized carbons (Fsp3) is 0.632. The Morgan fingerprint density at radius 1 is 1.32 bits per heavy atom. The van der Waals surface area contributed by atoms with Gasteiger partial charge in [0.25, 0.3) is 0 Å². The third-order valence-corrected chi connectivity index (χ3v) is 4.89. The minimum atomic E-state index is 0.0890. The van der Waals surface area contributed by atoms with Gasteiger partial charge in [-0.15, -0.1) is 0 Å². The summed E-state index contributed by atoms with van der Waals surface area (Å²) in [5, 5.41) is 3.17. The van der Waals surface area contributed by atoms with E-state index in [0.29, 0.717) is 6.42 Å². The molecule has 1 atom stereocenters. The minimum absolute atomic E-state index is 0.0890. The second kappa shape index (κ2) is 7.77. The molecule has 0 spiro atoms. The topological polar surface area (TPSA) is 55.1 Å². The molecule has 1 saturated carbocycles. The summed E-state index contributed by atoms with van der Waals surface area (Å²) >= 11 is 0. The number of nitrogens with one attached hydrogen (secondary N) is 1. The van der Waals surface area contributed by atoms with E-state index >= 15 is 0 Å². The molecule has 22 heavy (non-hydrogen) atoms. The number of hydrogen-bond acceptors (Lipinski definition) is 2. The zero-order valence-electron chi connectivity index (χ0n) is 14.0. The molecule has 122 valence electrons. The van der Waals surface area contributed by atoms with Crippen LogP contribution >= 0.6 is 0 Å². The lowest BCUT2D eigenvalue weighted by Gasteiger charge is -2.38. The molecule has 1 unspecified atom stereocenters. The van der Waals surface area contributed by atoms with Gasteiger partial charge in [-0.25, -0.2) is 0 Å². The highest BCUT2D eigenvalue weighted by molar-refractivity contribution is 5.76. The van der Waals surface area contributed by atoms with E-state index in [1.165, 1.54) is 43.2 Å². The lowest BCUT2D eigenvalue weighted by atomic mass is 9.69. The van der Waals surface area contributed by atoms with E-state index in [1.54, 1.807) is 0 Å². The van der Waals surface area contributed by atoms with Crippen LogP contribution in [-0.2, 0) is 10.2 Å². The average Bonchev–Trinajstić information content (AvgIpc) is 2.52. The molecule has 1 aliphatic rings. The highest BCUT2D eigenvalue weighted by Crippen LogP contribution is 2.39. The van der Waals surface area contributed by atoms with Gasteiger partial charge in [-0.05, 0) is 38.7 Å². The Bertz CT molecular complexity index is 490. The van der Waals surface area contributed by atoms with Gasteiger partial charge in [0, 0.05) is 24.4 Å². The zero-order chi connectivity index (χ0) is 16.0. The summed E-state index contributed by atoms with van der Waals surface area (Å²) in [7, 11) is 0. The summed E-state index contributed by atoms with van der Waals surface area (Å²) in [4.78, 5) is 12.1. The van der Waals surface area contributed by atoms with Crippen LogP contribution in [0.5, 0.6) is 0 Å². The number of carbonyl (C=O) groups excluding carboxylic acids is 1. The standard InChI is InChI=1S/C19H30N2O/c1-15-7-6-8-17(13-15)19(11-4-3-5-12-19)14-21-18(22)10-9-16(2)20/h6-8,13,16H,3-5,9-12,14,20H2,1-2H3,(H,21,22). The first-order valence-corrected chi connectivity index (χ1v) is 8.61. The van der Waals surface area contributed by atoms with Crippen molar-refractivity contribution in [2.24, 2.45) is 5.73 Å². The largest absolute Gasteiger partial charge is 0.355 e. The van der Waals surface area contributed by atoms with Crippen LogP contribution in [0, 0.1) is 6.92 Å². The van der Waals surface area contributed by atoms with Gasteiger partial charge in [0.2, 0.25) is 5.91 Å². The minimum Gasteiger partial charge on any atom is -0.355 e. The van der Waals surface area contributed by atoms with Crippen LogP contribution in [0.2, 0.25) is 0 Å². The smallest absolute Gasteiger partial charge is 0.220 e. The van der Waals surface area contributed by atoms with Gasteiger partial charge >= 0.3 is 0 Å². The lowest BCUT2D eigenvalue weighted by Crippen LogP contribution is -2.42. The molecule has 2 rings (SSSR count). The van der Waals surface area contributed by atoms with Crippen LogP contribution in [0.4, 0.5) is 0 Å². The second-order valence-electron chi connectivity index (χ2n) is 7.00. The van der Waals surface area contributed by atoms with Crippen LogP contribution < -0.4 is 11.1 Å². The van der Waals surface area contributed by atoms with Crippen molar-refractivity contribution in [2.45, 2.75) is 70.3 Å². The van der Waals surface area contributed by atoms with Crippen molar-refractivity contribution < 1.29 is 4.79 Å². The predicted molar refractivity (Wildman–Crippen MR) is 91.8 cm³/mol. The Hall–Kier alpha value is -1.35. The summed E-state index contributed by atoms with van der Waals surface area (Å²) in [6.07, 6.45) is 7.44. The summed E-state index contributed by atoms with van der Waals surface area (Å²) in [6, 6.07) is 8.89. The van der Waals surface area contributed by atoms with E-state index in [4.69, 9.17) is 5.73 Å². The molecule has 1 amide bonds. The number of rotatable bonds is 6. The molecule has 0 aromatic heterocycles. The van der Waals surface area contributed by atoms with Gasteiger partial charge in [0.05, 0.1) is 0 Å². The SMILES string of the molecule is Cc1cccc(C2(CNC(=O)CCC(C)N)CCCCC2)c1. The quantitative estimate of drug-likeness (QED) is 0.845. The Kier molecular flexibility index (Phi) is 6.01. The van der Waals surface area contributed by atoms with Gasteiger partial charge in [-0.2, -0.15) is 0 Å². The first kappa shape index (κ1) is 17.0. The molecule has 1 aliphatic carbocycles. The molecule has 0 bridgehead atoms. The van der Waals surface area contributed by atoms with Crippen LogP contribution in [-0.4, -0.2) is 18.5 Å². The summed E-state index contributed by atoms with van der Waals surface area (Å²) in [5.74, 6) is 0.134. The number of carbonyl (C=O) groups is 1. The first-order chi connectivity index (χ1) is 10.5. The fourth-order valence-electron chi connectivity index (χ4n) is 3.49. The maximum atomic E-state index is 12.1. The second-order valence-corrected chi connectivity index (χ2v) is 7.00. The van der Waals surface area contributed by atoms with E-state index in [0.717, 1.165) is 13.0 Å². The molecule has 0 radical (unpaired) electrons. The maximum absolute atomic E-state index is 12.1. The lowest BCUT2D eigenvalue weighted by molar-refractivity contribution is -0.121. The molecule has 0 aliphatic heterocycles. The molecule has 1 aromatic rings. The molecule has 0 saturated heterocycles. The maximum Gasteiger partial charge on any atom is 0.220 e. The Labute approximate surface area is 134 Å². The molecule has 1 fully saturated rings. The molecule has 0 heterocycles. The molecule has 3 N–H and O–H groups in total. The van der Waals surface area contributed by atoms with Crippen LogP contribution in [0.25, 0.3) is 0 Å². The van der Waals surface area contributed by atoms with E-state index in [2.05, 4.69) is 36.5 Å². The number of aryl methyl sites for hydroxylation is 1. The van der Waals surface area contributed by atoms with Crippen molar-refractivity contribution in [3.05, 3.63) is 35.4 Å². The van der Waals surface area contributed by atoms with E-state index in [-0.39, 0.29) is 17.4 Å². The molecule has 1 aromatic carbocycles. The molecule has 3 heteroatoms. The average molecular weight is 302 g/mol. The monoisotopic (exact) mass is 302 g/mol. The molecular formula is C19H30N2O. The van der Waals surface area contributed by atoms with Gasteiger partial charge in [0.1, 0.15) is 0 Å². The van der Waals surface area contributed by atoms with E-state index in [1.807, 2.05) is 6.92 Å². The number of hydrogen-bond donors (Lipinski definition) is 2. The molecular weight excluding hydrogens is 272 g/mol. The highest BCUT2D eigenvalue weighted by atomic mass is 16.1. The van der Waals surface area contributed by atoms with Crippen molar-refractivity contribution in [1.29, 1.82) is 0 Å². The number of amides is 1. The summed E-state index contributed by atoms with van der Waals surface area (Å²) in [6.45, 7) is 4.85. The van der Waals surface area contributed by atoms with E-state index < -0.39 is 0 Å². The van der Waals surface area contributed by atoms with Crippen LogP contribution in [0.3, 0.4) is 0 Å². The Balaban J connectivity index is 2.05. The first-order valence-electron chi connectivity index (χ1n) is 8.61. The van der Waals surface area contributed by atoms with Gasteiger partial charge in [0.15, 0.2) is 0 Å². The summed E-state index contributed by atoms with van der Waals surface area (Å²) < 4.78 is 0. The third-order valence-electron chi connectivity index (χ3n) is 4.89. The Morgan fingerprint density at radius 2 is 2.05 bits per heavy atom. The zero-order valence-corrected chi connectivity index (χ0v) is 14.0. The fourth-order valence-corrected chi connectivity index (χ4v) is 3.49. The molecule has 3 nitrogen and oxygen atoms in total. The van der Waals surface area contributed by atoms with E-state index in [9.17, 15) is 4.79 Å². The van der Waals surface area contributed by atoms with Gasteiger partial charge in [-0.1, -0.05) is 49.1 Å². The number of benzene rings is 1. The summed E-state index contributed by atoms with van der Waals surface area (Å²) in [5.41, 5.74) is 8.54. The van der Waals surface area contributed by atoms with Crippen LogP contribution in [0.1, 0.15) is 63.0 Å². The van der Waals surface area contributed by atoms with Crippen molar-refractivity contribution in [1.82, 2.24) is 5.32 Å². The van der Waals surface area contributed by atoms with Crippen LogP contribution in [0.15, 0.2) is 24.3 Å². The van der Waals surface area contributed by atoms with Crippen molar-refractivity contribution >= 4 is 5.91 Å². The Morgan fingerprint density at radius 3 is 2.68 bits per heavy atom. The third kappa shape index (κ3) is 4.57. The van der Waals surface area contributed by atoms with Gasteiger partial charge in [-0.3, -0.25) is 4.79 Å². The van der Waals surface area contributed by atoms with Crippen molar-refractivity contribution in [3.63, 3.8) is 0 Å². The van der Waals surface area contributed by atoms with Crippen molar-refractivity contribution in [2.75, 3.05) is 6.54 Å². The highest BCUT2D eigenvalue weighted by Gasteiger charge is 2.34. The predicted octanol–water partition coefficient (Wildman–Crippen LogP) is 3.44. The van der Waals surface area contributed by atoms with Gasteiger partial charge < -0.3 is 11.1 Å². The normalized spacial score (nSPS) is 18.7. The van der Waals surface area contributed by atoms with Crippen molar-refractivity contribution in [3.8, 4) is 0 Å².